The highest BCUT2D eigenvalue weighted by Gasteiger charge is 2.24. The van der Waals surface area contributed by atoms with E-state index < -0.39 is 11.9 Å². The molecule has 120 valence electrons. The van der Waals surface area contributed by atoms with Crippen LogP contribution in [0.25, 0.3) is 0 Å². The van der Waals surface area contributed by atoms with Gasteiger partial charge in [0.1, 0.15) is 0 Å². The smallest absolute Gasteiger partial charge is 0.240 e. The SMILES string of the molecule is CC(Cc1ccc2c(c1)OCO2)N(C)C(=O)C(N)CC(N)=O. The van der Waals surface area contributed by atoms with E-state index in [1.54, 1.807) is 7.05 Å². The number of benzene rings is 1. The van der Waals surface area contributed by atoms with Crippen LogP contribution in [0.4, 0.5) is 0 Å². The highest BCUT2D eigenvalue weighted by molar-refractivity contribution is 5.87. The Labute approximate surface area is 129 Å². The Morgan fingerprint density at radius 2 is 2.00 bits per heavy atom. The molecule has 0 saturated heterocycles. The van der Waals surface area contributed by atoms with E-state index in [9.17, 15) is 9.59 Å². The number of nitrogens with zero attached hydrogens (tertiary/aromatic N) is 1. The largest absolute Gasteiger partial charge is 0.454 e. The van der Waals surface area contributed by atoms with Crippen molar-refractivity contribution in [1.82, 2.24) is 4.90 Å². The molecule has 0 bridgehead atoms. The first-order valence-corrected chi connectivity index (χ1v) is 7.07. The number of fused-ring (bicyclic) bond motifs is 1. The van der Waals surface area contributed by atoms with Gasteiger partial charge in [-0.15, -0.1) is 0 Å². The molecule has 1 aliphatic rings. The molecular formula is C15H21N3O4. The molecule has 1 aromatic carbocycles. The summed E-state index contributed by atoms with van der Waals surface area (Å²) in [4.78, 5) is 24.5. The quantitative estimate of drug-likeness (QED) is 0.769. The van der Waals surface area contributed by atoms with E-state index in [4.69, 9.17) is 20.9 Å². The first-order valence-electron chi connectivity index (χ1n) is 7.07. The van der Waals surface area contributed by atoms with Gasteiger partial charge in [-0.05, 0) is 31.0 Å². The average molecular weight is 307 g/mol. The third kappa shape index (κ3) is 3.67. The summed E-state index contributed by atoms with van der Waals surface area (Å²) < 4.78 is 10.6. The van der Waals surface area contributed by atoms with Crippen LogP contribution >= 0.6 is 0 Å². The maximum atomic E-state index is 12.1. The molecule has 0 aliphatic carbocycles. The fourth-order valence-electron chi connectivity index (χ4n) is 2.33. The van der Waals surface area contributed by atoms with Gasteiger partial charge in [-0.1, -0.05) is 6.07 Å². The molecule has 1 aromatic rings. The number of carbonyl (C=O) groups excluding carboxylic acids is 2. The Balaban J connectivity index is 1.97. The maximum absolute atomic E-state index is 12.1. The summed E-state index contributed by atoms with van der Waals surface area (Å²) in [6.07, 6.45) is 0.488. The summed E-state index contributed by atoms with van der Waals surface area (Å²) in [5.74, 6) is 0.554. The van der Waals surface area contributed by atoms with Crippen LogP contribution in [0.1, 0.15) is 18.9 Å². The van der Waals surface area contributed by atoms with Crippen LogP contribution < -0.4 is 20.9 Å². The summed E-state index contributed by atoms with van der Waals surface area (Å²) in [6, 6.07) is 4.71. The molecule has 0 radical (unpaired) electrons. The topological polar surface area (TPSA) is 108 Å². The molecule has 0 aromatic heterocycles. The normalized spacial score (nSPS) is 15.2. The van der Waals surface area contributed by atoms with Crippen LogP contribution in [-0.2, 0) is 16.0 Å². The molecule has 1 aliphatic heterocycles. The van der Waals surface area contributed by atoms with Crippen molar-refractivity contribution in [3.8, 4) is 11.5 Å². The molecule has 1 heterocycles. The number of rotatable bonds is 6. The van der Waals surface area contributed by atoms with Crippen LogP contribution in [0.5, 0.6) is 11.5 Å². The fourth-order valence-corrected chi connectivity index (χ4v) is 2.33. The van der Waals surface area contributed by atoms with Crippen LogP contribution in [0, 0.1) is 0 Å². The number of primary amides is 1. The molecule has 7 heteroatoms. The van der Waals surface area contributed by atoms with Crippen LogP contribution in [0.2, 0.25) is 0 Å². The van der Waals surface area contributed by atoms with Gasteiger partial charge >= 0.3 is 0 Å². The minimum Gasteiger partial charge on any atom is -0.454 e. The van der Waals surface area contributed by atoms with E-state index in [1.165, 1.54) is 4.90 Å². The standard InChI is InChI=1S/C15H21N3O4/c1-9(18(2)15(20)11(16)7-14(17)19)5-10-3-4-12-13(6-10)22-8-21-12/h3-4,6,9,11H,5,7-8,16H2,1-2H3,(H2,17,19). The summed E-state index contributed by atoms with van der Waals surface area (Å²) in [7, 11) is 1.67. The van der Waals surface area contributed by atoms with Crippen LogP contribution in [0.15, 0.2) is 18.2 Å². The average Bonchev–Trinajstić information content (AvgIpc) is 2.92. The van der Waals surface area contributed by atoms with E-state index in [0.29, 0.717) is 12.2 Å². The van der Waals surface area contributed by atoms with E-state index >= 15 is 0 Å². The second-order valence-corrected chi connectivity index (χ2v) is 5.47. The van der Waals surface area contributed by atoms with Crippen LogP contribution in [-0.4, -0.2) is 42.6 Å². The lowest BCUT2D eigenvalue weighted by Crippen LogP contribution is -2.47. The van der Waals surface area contributed by atoms with E-state index in [1.807, 2.05) is 25.1 Å². The van der Waals surface area contributed by atoms with Gasteiger partial charge in [0.25, 0.3) is 0 Å². The number of likely N-dealkylation sites (N-methyl/N-ethyl adjacent to an activating group) is 1. The first-order chi connectivity index (χ1) is 10.4. The fraction of sp³-hybridized carbons (Fsp3) is 0.467. The zero-order valence-electron chi connectivity index (χ0n) is 12.7. The van der Waals surface area contributed by atoms with Crippen LogP contribution in [0.3, 0.4) is 0 Å². The predicted molar refractivity (Wildman–Crippen MR) is 80.3 cm³/mol. The summed E-state index contributed by atoms with van der Waals surface area (Å²) in [6.45, 7) is 2.15. The first kappa shape index (κ1) is 16.1. The molecular weight excluding hydrogens is 286 g/mol. The second-order valence-electron chi connectivity index (χ2n) is 5.47. The van der Waals surface area contributed by atoms with Crippen molar-refractivity contribution >= 4 is 11.8 Å². The molecule has 22 heavy (non-hydrogen) atoms. The Kier molecular flexibility index (Phi) is 4.87. The van der Waals surface area contributed by atoms with Crippen molar-refractivity contribution < 1.29 is 19.1 Å². The molecule has 2 atom stereocenters. The monoisotopic (exact) mass is 307 g/mol. The lowest BCUT2D eigenvalue weighted by molar-refractivity contribution is -0.135. The number of ether oxygens (including phenoxy) is 2. The molecule has 0 saturated carbocycles. The molecule has 7 nitrogen and oxygen atoms in total. The Morgan fingerprint density at radius 1 is 1.32 bits per heavy atom. The summed E-state index contributed by atoms with van der Waals surface area (Å²) in [5.41, 5.74) is 11.8. The van der Waals surface area contributed by atoms with Crippen molar-refractivity contribution in [3.63, 3.8) is 0 Å². The van der Waals surface area contributed by atoms with E-state index in [0.717, 1.165) is 11.3 Å². The lowest BCUT2D eigenvalue weighted by Gasteiger charge is -2.27. The van der Waals surface area contributed by atoms with Gasteiger partial charge in [0, 0.05) is 13.1 Å². The van der Waals surface area contributed by atoms with Crippen molar-refractivity contribution in [3.05, 3.63) is 23.8 Å². The zero-order chi connectivity index (χ0) is 16.3. The van der Waals surface area contributed by atoms with Crippen molar-refractivity contribution in [2.45, 2.75) is 31.8 Å². The van der Waals surface area contributed by atoms with Gasteiger partial charge in [0.2, 0.25) is 18.6 Å². The summed E-state index contributed by atoms with van der Waals surface area (Å²) in [5, 5.41) is 0. The molecule has 0 fully saturated rings. The third-order valence-electron chi connectivity index (χ3n) is 3.72. The number of hydrogen-bond acceptors (Lipinski definition) is 5. The highest BCUT2D eigenvalue weighted by atomic mass is 16.7. The molecule has 2 rings (SSSR count). The van der Waals surface area contributed by atoms with Gasteiger partial charge in [0.05, 0.1) is 12.5 Å². The van der Waals surface area contributed by atoms with Gasteiger partial charge in [-0.3, -0.25) is 9.59 Å². The molecule has 0 spiro atoms. The maximum Gasteiger partial charge on any atom is 0.240 e. The summed E-state index contributed by atoms with van der Waals surface area (Å²) >= 11 is 0. The van der Waals surface area contributed by atoms with Gasteiger partial charge in [-0.25, -0.2) is 0 Å². The van der Waals surface area contributed by atoms with E-state index in [2.05, 4.69) is 0 Å². The number of nitrogens with two attached hydrogens (primary N) is 2. The predicted octanol–water partition coefficient (Wildman–Crippen LogP) is 0.00740. The molecule has 4 N–H and O–H groups in total. The highest BCUT2D eigenvalue weighted by Crippen LogP contribution is 2.32. The zero-order valence-corrected chi connectivity index (χ0v) is 12.7. The van der Waals surface area contributed by atoms with Gasteiger partial charge in [-0.2, -0.15) is 0 Å². The van der Waals surface area contributed by atoms with Crippen molar-refractivity contribution in [2.75, 3.05) is 13.8 Å². The number of amides is 2. The Morgan fingerprint density at radius 3 is 2.68 bits per heavy atom. The number of hydrogen-bond donors (Lipinski definition) is 2. The Bertz CT molecular complexity index is 576. The molecule has 2 amide bonds. The minimum atomic E-state index is -0.901. The number of carbonyl (C=O) groups is 2. The van der Waals surface area contributed by atoms with Crippen molar-refractivity contribution in [1.29, 1.82) is 0 Å². The minimum absolute atomic E-state index is 0.0770. The van der Waals surface area contributed by atoms with Gasteiger partial charge in [0.15, 0.2) is 11.5 Å². The second kappa shape index (κ2) is 6.65. The Hall–Kier alpha value is -2.28. The molecule has 2 unspecified atom stereocenters. The van der Waals surface area contributed by atoms with Gasteiger partial charge < -0.3 is 25.8 Å². The third-order valence-corrected chi connectivity index (χ3v) is 3.72. The lowest BCUT2D eigenvalue weighted by atomic mass is 10.0. The van der Waals surface area contributed by atoms with E-state index in [-0.39, 0.29) is 25.2 Å². The van der Waals surface area contributed by atoms with Crippen molar-refractivity contribution in [2.24, 2.45) is 11.5 Å².